The minimum atomic E-state index is -0.156. The van der Waals surface area contributed by atoms with E-state index in [1.54, 1.807) is 11.3 Å². The first kappa shape index (κ1) is 15.2. The van der Waals surface area contributed by atoms with E-state index in [4.69, 9.17) is 0 Å². The van der Waals surface area contributed by atoms with Crippen LogP contribution in [0.1, 0.15) is 58.7 Å². The zero-order chi connectivity index (χ0) is 14.0. The number of aromatic nitrogens is 1. The Balaban J connectivity index is 2.50. The van der Waals surface area contributed by atoms with E-state index in [1.165, 1.54) is 0 Å². The smallest absolute Gasteiger partial charge is 0.220 e. The molecule has 0 radical (unpaired) electrons. The second-order valence-corrected chi connectivity index (χ2v) is 7.62. The largest absolute Gasteiger partial charge is 0.351 e. The molecule has 0 aromatic carbocycles. The molecule has 102 valence electrons. The summed E-state index contributed by atoms with van der Waals surface area (Å²) in [7, 11) is 0. The summed E-state index contributed by atoms with van der Waals surface area (Å²) in [5, 5.41) is 6.10. The van der Waals surface area contributed by atoms with Gasteiger partial charge in [0.25, 0.3) is 0 Å². The van der Waals surface area contributed by atoms with Crippen molar-refractivity contribution < 1.29 is 4.79 Å². The van der Waals surface area contributed by atoms with Gasteiger partial charge < -0.3 is 5.32 Å². The second kappa shape index (κ2) is 5.39. The monoisotopic (exact) mass is 268 g/mol. The van der Waals surface area contributed by atoms with Gasteiger partial charge >= 0.3 is 0 Å². The fraction of sp³-hybridized carbons (Fsp3) is 0.714. The van der Waals surface area contributed by atoms with E-state index in [0.29, 0.717) is 6.42 Å². The second-order valence-electron chi connectivity index (χ2n) is 6.67. The number of nitrogens with zero attached hydrogens (tertiary/aromatic N) is 1. The van der Waals surface area contributed by atoms with E-state index in [2.05, 4.69) is 36.5 Å². The number of aryl methyl sites for hydroxylation is 1. The van der Waals surface area contributed by atoms with Crippen molar-refractivity contribution >= 4 is 17.2 Å². The van der Waals surface area contributed by atoms with Crippen molar-refractivity contribution in [3.8, 4) is 0 Å². The minimum Gasteiger partial charge on any atom is -0.351 e. The Kier molecular flexibility index (Phi) is 4.54. The molecule has 1 amide bonds. The number of amides is 1. The average molecular weight is 268 g/mol. The first-order valence-corrected chi connectivity index (χ1v) is 7.22. The highest BCUT2D eigenvalue weighted by Gasteiger charge is 2.18. The van der Waals surface area contributed by atoms with Crippen molar-refractivity contribution in [1.82, 2.24) is 10.3 Å². The Bertz CT molecular complexity index is 410. The third kappa shape index (κ3) is 5.17. The maximum absolute atomic E-state index is 11.7. The zero-order valence-electron chi connectivity index (χ0n) is 12.3. The lowest BCUT2D eigenvalue weighted by molar-refractivity contribution is -0.122. The Labute approximate surface area is 114 Å². The van der Waals surface area contributed by atoms with Gasteiger partial charge in [0.15, 0.2) is 0 Å². The summed E-state index contributed by atoms with van der Waals surface area (Å²) < 4.78 is 0. The SMILES string of the molecule is CC(C)(C)NC(=O)CCc1nc(C(C)(C)C)cs1. The summed E-state index contributed by atoms with van der Waals surface area (Å²) in [6.07, 6.45) is 1.23. The zero-order valence-corrected chi connectivity index (χ0v) is 13.1. The van der Waals surface area contributed by atoms with Crippen molar-refractivity contribution in [3.63, 3.8) is 0 Å². The average Bonchev–Trinajstić information content (AvgIpc) is 2.59. The van der Waals surface area contributed by atoms with Crippen LogP contribution in [-0.2, 0) is 16.6 Å². The molecule has 0 aliphatic heterocycles. The molecule has 0 atom stereocenters. The van der Waals surface area contributed by atoms with Crippen LogP contribution in [0.15, 0.2) is 5.38 Å². The highest BCUT2D eigenvalue weighted by atomic mass is 32.1. The molecule has 0 spiro atoms. The van der Waals surface area contributed by atoms with Crippen LogP contribution in [0.3, 0.4) is 0 Å². The molecule has 1 rings (SSSR count). The summed E-state index contributed by atoms with van der Waals surface area (Å²) in [4.78, 5) is 16.3. The summed E-state index contributed by atoms with van der Waals surface area (Å²) in [5.74, 6) is 0.0926. The molecule has 0 saturated carbocycles. The number of thiazole rings is 1. The molecule has 0 fully saturated rings. The molecule has 3 nitrogen and oxygen atoms in total. The predicted molar refractivity (Wildman–Crippen MR) is 77.0 cm³/mol. The molecule has 1 aromatic heterocycles. The van der Waals surface area contributed by atoms with Gasteiger partial charge in [-0.05, 0) is 20.8 Å². The van der Waals surface area contributed by atoms with E-state index in [0.717, 1.165) is 17.1 Å². The number of rotatable bonds is 3. The van der Waals surface area contributed by atoms with Crippen LogP contribution in [-0.4, -0.2) is 16.4 Å². The number of nitrogens with one attached hydrogen (secondary N) is 1. The van der Waals surface area contributed by atoms with Gasteiger partial charge in [0.1, 0.15) is 0 Å². The lowest BCUT2D eigenvalue weighted by Gasteiger charge is -2.20. The molecule has 0 aliphatic rings. The molecule has 0 bridgehead atoms. The molecule has 18 heavy (non-hydrogen) atoms. The molecule has 1 heterocycles. The quantitative estimate of drug-likeness (QED) is 0.914. The fourth-order valence-electron chi connectivity index (χ4n) is 1.47. The van der Waals surface area contributed by atoms with Gasteiger partial charge in [0.2, 0.25) is 5.91 Å². The van der Waals surface area contributed by atoms with Crippen molar-refractivity contribution in [1.29, 1.82) is 0 Å². The first-order valence-electron chi connectivity index (χ1n) is 6.34. The summed E-state index contributed by atoms with van der Waals surface area (Å²) in [6.45, 7) is 12.4. The van der Waals surface area contributed by atoms with Gasteiger partial charge in [-0.15, -0.1) is 11.3 Å². The van der Waals surface area contributed by atoms with E-state index in [1.807, 2.05) is 20.8 Å². The van der Waals surface area contributed by atoms with E-state index in [9.17, 15) is 4.79 Å². The summed E-state index contributed by atoms with van der Waals surface area (Å²) >= 11 is 1.65. The Hall–Kier alpha value is -0.900. The maximum Gasteiger partial charge on any atom is 0.220 e. The highest BCUT2D eigenvalue weighted by molar-refractivity contribution is 7.09. The van der Waals surface area contributed by atoms with Crippen molar-refractivity contribution in [2.45, 2.75) is 65.3 Å². The van der Waals surface area contributed by atoms with Gasteiger partial charge in [-0.1, -0.05) is 20.8 Å². The van der Waals surface area contributed by atoms with Gasteiger partial charge in [0.05, 0.1) is 10.7 Å². The first-order chi connectivity index (χ1) is 8.08. The third-order valence-corrected chi connectivity index (χ3v) is 3.31. The van der Waals surface area contributed by atoms with Crippen LogP contribution in [0.2, 0.25) is 0 Å². The molecule has 0 aliphatic carbocycles. The summed E-state index contributed by atoms with van der Waals surface area (Å²) in [6, 6.07) is 0. The molecule has 0 unspecified atom stereocenters. The van der Waals surface area contributed by atoms with Crippen LogP contribution in [0, 0.1) is 0 Å². The molecule has 4 heteroatoms. The van der Waals surface area contributed by atoms with Gasteiger partial charge in [-0.3, -0.25) is 4.79 Å². The van der Waals surface area contributed by atoms with Crippen LogP contribution in [0.4, 0.5) is 0 Å². The third-order valence-electron chi connectivity index (χ3n) is 2.40. The predicted octanol–water partition coefficient (Wildman–Crippen LogP) is 3.29. The van der Waals surface area contributed by atoms with Crippen LogP contribution in [0.5, 0.6) is 0 Å². The van der Waals surface area contributed by atoms with Crippen molar-refractivity contribution in [2.24, 2.45) is 0 Å². The summed E-state index contributed by atoms with van der Waals surface area (Å²) in [5.41, 5.74) is 1.04. The van der Waals surface area contributed by atoms with Crippen LogP contribution < -0.4 is 5.32 Å². The lowest BCUT2D eigenvalue weighted by atomic mass is 9.93. The standard InChI is InChI=1S/C14H24N2OS/c1-13(2,3)10-9-18-12(15-10)8-7-11(17)16-14(4,5)6/h9H,7-8H2,1-6H3,(H,16,17). The van der Waals surface area contributed by atoms with Crippen molar-refractivity contribution in [3.05, 3.63) is 16.1 Å². The number of carbonyl (C=O) groups excluding carboxylic acids is 1. The lowest BCUT2D eigenvalue weighted by Crippen LogP contribution is -2.40. The molecular weight excluding hydrogens is 244 g/mol. The van der Waals surface area contributed by atoms with Gasteiger partial charge in [0, 0.05) is 29.2 Å². The molecule has 1 N–H and O–H groups in total. The van der Waals surface area contributed by atoms with Crippen LogP contribution in [0.25, 0.3) is 0 Å². The fourth-order valence-corrected chi connectivity index (χ4v) is 2.50. The van der Waals surface area contributed by atoms with Crippen molar-refractivity contribution in [2.75, 3.05) is 0 Å². The van der Waals surface area contributed by atoms with Gasteiger partial charge in [-0.25, -0.2) is 4.98 Å². The molecular formula is C14H24N2OS. The number of hydrogen-bond acceptors (Lipinski definition) is 3. The number of carbonyl (C=O) groups is 1. The maximum atomic E-state index is 11.7. The minimum absolute atomic E-state index is 0.0857. The Morgan fingerprint density at radius 2 is 1.89 bits per heavy atom. The molecule has 0 saturated heterocycles. The van der Waals surface area contributed by atoms with E-state index < -0.39 is 0 Å². The van der Waals surface area contributed by atoms with Gasteiger partial charge in [-0.2, -0.15) is 0 Å². The molecule has 1 aromatic rings. The number of hydrogen-bond donors (Lipinski definition) is 1. The van der Waals surface area contributed by atoms with E-state index in [-0.39, 0.29) is 16.9 Å². The normalized spacial score (nSPS) is 12.6. The Morgan fingerprint density at radius 3 is 2.33 bits per heavy atom. The van der Waals surface area contributed by atoms with Crippen LogP contribution >= 0.6 is 11.3 Å². The topological polar surface area (TPSA) is 42.0 Å². The highest BCUT2D eigenvalue weighted by Crippen LogP contribution is 2.24. The Morgan fingerprint density at radius 1 is 1.28 bits per heavy atom. The van der Waals surface area contributed by atoms with E-state index >= 15 is 0 Å².